The number of fused-ring (bicyclic) bond motifs is 2. The second-order valence-corrected chi connectivity index (χ2v) is 11.0. The van der Waals surface area contributed by atoms with Crippen LogP contribution in [0.3, 0.4) is 0 Å². The average Bonchev–Trinajstić information content (AvgIpc) is 3.55. The van der Waals surface area contributed by atoms with E-state index in [0.29, 0.717) is 34.1 Å². The minimum Gasteiger partial charge on any atom is -0.394 e. The highest BCUT2D eigenvalue weighted by atomic mass is 32.2. The molecule has 0 spiro atoms. The van der Waals surface area contributed by atoms with Crippen LogP contribution in [0.2, 0.25) is 0 Å². The van der Waals surface area contributed by atoms with Gasteiger partial charge in [0.05, 0.1) is 30.9 Å². The van der Waals surface area contributed by atoms with E-state index in [9.17, 15) is 18.3 Å². The zero-order valence-electron chi connectivity index (χ0n) is 21.8. The van der Waals surface area contributed by atoms with Gasteiger partial charge in [-0.05, 0) is 38.0 Å². The quantitative estimate of drug-likeness (QED) is 0.272. The molecule has 212 valence electrons. The molecule has 2 aliphatic rings. The molecule has 1 saturated heterocycles. The van der Waals surface area contributed by atoms with E-state index >= 15 is 0 Å². The zero-order valence-corrected chi connectivity index (χ0v) is 22.6. The van der Waals surface area contributed by atoms with E-state index in [4.69, 9.17) is 19.2 Å². The van der Waals surface area contributed by atoms with Crippen LogP contribution in [0.1, 0.15) is 50.8 Å². The SMILES string of the molecule is CCCSc1nc(NCc2ccc(C(F)(F)F)cc2)c2nnn([C@@H]3C[C@@H](OCCO)C4OC(C)(C)OC43)c2n1. The number of anilines is 1. The number of aliphatic hydroxyl groups is 1. The van der Waals surface area contributed by atoms with Crippen molar-refractivity contribution in [1.82, 2.24) is 25.0 Å². The number of hydrogen-bond acceptors (Lipinski definition) is 10. The molecule has 4 atom stereocenters. The Bertz CT molecular complexity index is 1290. The van der Waals surface area contributed by atoms with E-state index in [1.807, 2.05) is 13.8 Å². The van der Waals surface area contributed by atoms with Crippen LogP contribution in [0.5, 0.6) is 0 Å². The second kappa shape index (κ2) is 11.2. The lowest BCUT2D eigenvalue weighted by Gasteiger charge is -2.23. The number of aliphatic hydroxyl groups excluding tert-OH is 1. The second-order valence-electron chi connectivity index (χ2n) is 9.96. The maximum Gasteiger partial charge on any atom is 0.416 e. The van der Waals surface area contributed by atoms with Crippen LogP contribution in [0, 0.1) is 0 Å². The van der Waals surface area contributed by atoms with Crippen molar-refractivity contribution in [2.24, 2.45) is 0 Å². The van der Waals surface area contributed by atoms with E-state index in [1.54, 1.807) is 4.68 Å². The van der Waals surface area contributed by atoms with Crippen LogP contribution in [0.15, 0.2) is 29.4 Å². The molecule has 2 fully saturated rings. The lowest BCUT2D eigenvalue weighted by Crippen LogP contribution is -2.31. The van der Waals surface area contributed by atoms with Crippen molar-refractivity contribution in [3.8, 4) is 0 Å². The number of nitrogens with one attached hydrogen (secondary N) is 1. The summed E-state index contributed by atoms with van der Waals surface area (Å²) in [6.07, 6.45) is -3.95. The van der Waals surface area contributed by atoms with Crippen LogP contribution < -0.4 is 5.32 Å². The molecule has 3 heterocycles. The Morgan fingerprint density at radius 1 is 1.18 bits per heavy atom. The van der Waals surface area contributed by atoms with Gasteiger partial charge >= 0.3 is 6.18 Å². The van der Waals surface area contributed by atoms with Crippen LogP contribution in [-0.4, -0.2) is 73.1 Å². The molecule has 1 aliphatic carbocycles. The molecule has 5 rings (SSSR count). The lowest BCUT2D eigenvalue weighted by molar-refractivity contribution is -0.171. The molecule has 3 aromatic rings. The predicted molar refractivity (Wildman–Crippen MR) is 137 cm³/mol. The van der Waals surface area contributed by atoms with Gasteiger partial charge in [0.25, 0.3) is 0 Å². The van der Waals surface area contributed by atoms with Gasteiger partial charge in [0.15, 0.2) is 27.9 Å². The first-order valence-electron chi connectivity index (χ1n) is 12.8. The number of hydrogen-bond donors (Lipinski definition) is 2. The van der Waals surface area contributed by atoms with Gasteiger partial charge in [-0.2, -0.15) is 13.2 Å². The van der Waals surface area contributed by atoms with Crippen LogP contribution in [0.25, 0.3) is 11.2 Å². The Morgan fingerprint density at radius 2 is 1.92 bits per heavy atom. The van der Waals surface area contributed by atoms with Crippen LogP contribution >= 0.6 is 11.8 Å². The topological polar surface area (TPSA) is 116 Å². The maximum absolute atomic E-state index is 12.9. The highest BCUT2D eigenvalue weighted by molar-refractivity contribution is 7.99. The van der Waals surface area contributed by atoms with Crippen LogP contribution in [0.4, 0.5) is 19.0 Å². The molecule has 39 heavy (non-hydrogen) atoms. The van der Waals surface area contributed by atoms with Gasteiger partial charge in [0.1, 0.15) is 12.2 Å². The molecular formula is C25H31F3N6O4S. The first kappa shape index (κ1) is 28.0. The van der Waals surface area contributed by atoms with Crippen molar-refractivity contribution in [3.63, 3.8) is 0 Å². The van der Waals surface area contributed by atoms with Crippen molar-refractivity contribution < 1.29 is 32.5 Å². The summed E-state index contributed by atoms with van der Waals surface area (Å²) in [5.74, 6) is 0.440. The summed E-state index contributed by atoms with van der Waals surface area (Å²) in [7, 11) is 0. The number of aromatic nitrogens is 5. The Balaban J connectivity index is 1.45. The number of rotatable bonds is 10. The normalized spacial score (nSPS) is 24.4. The molecule has 2 unspecified atom stereocenters. The Hall–Kier alpha value is -2.52. The van der Waals surface area contributed by atoms with Crippen molar-refractivity contribution in [2.75, 3.05) is 24.3 Å². The highest BCUT2D eigenvalue weighted by Gasteiger charge is 2.56. The van der Waals surface area contributed by atoms with Crippen molar-refractivity contribution in [2.45, 2.75) is 81.6 Å². The van der Waals surface area contributed by atoms with Crippen molar-refractivity contribution in [3.05, 3.63) is 35.4 Å². The average molecular weight is 569 g/mol. The molecule has 1 saturated carbocycles. The minimum absolute atomic E-state index is 0.103. The molecule has 14 heteroatoms. The van der Waals surface area contributed by atoms with Crippen molar-refractivity contribution >= 4 is 28.7 Å². The first-order valence-corrected chi connectivity index (χ1v) is 13.8. The van der Waals surface area contributed by atoms with Gasteiger partial charge in [-0.25, -0.2) is 14.6 Å². The van der Waals surface area contributed by atoms with Gasteiger partial charge in [0, 0.05) is 18.7 Å². The zero-order chi connectivity index (χ0) is 27.8. The molecule has 2 aromatic heterocycles. The summed E-state index contributed by atoms with van der Waals surface area (Å²) in [6, 6.07) is 4.70. The van der Waals surface area contributed by atoms with Gasteiger partial charge in [-0.15, -0.1) is 5.10 Å². The summed E-state index contributed by atoms with van der Waals surface area (Å²) < 4.78 is 58.8. The molecular weight excluding hydrogens is 537 g/mol. The minimum atomic E-state index is -4.39. The highest BCUT2D eigenvalue weighted by Crippen LogP contribution is 2.45. The van der Waals surface area contributed by atoms with Gasteiger partial charge in [0.2, 0.25) is 0 Å². The summed E-state index contributed by atoms with van der Waals surface area (Å²) in [4.78, 5) is 9.39. The van der Waals surface area contributed by atoms with E-state index in [-0.39, 0.29) is 44.1 Å². The maximum atomic E-state index is 12.9. The fourth-order valence-electron chi connectivity index (χ4n) is 4.93. The predicted octanol–water partition coefficient (Wildman–Crippen LogP) is 4.20. The Kier molecular flexibility index (Phi) is 8.02. The van der Waals surface area contributed by atoms with E-state index in [0.717, 1.165) is 24.3 Å². The molecule has 2 N–H and O–H groups in total. The largest absolute Gasteiger partial charge is 0.416 e. The summed E-state index contributed by atoms with van der Waals surface area (Å²) in [5, 5.41) is 21.8. The van der Waals surface area contributed by atoms with Gasteiger partial charge in [-0.1, -0.05) is 36.0 Å². The Labute approximate surface area is 227 Å². The Morgan fingerprint density at radius 3 is 2.62 bits per heavy atom. The molecule has 0 amide bonds. The van der Waals surface area contributed by atoms with Crippen molar-refractivity contribution in [1.29, 1.82) is 0 Å². The van der Waals surface area contributed by atoms with Gasteiger partial charge < -0.3 is 24.6 Å². The third kappa shape index (κ3) is 5.99. The van der Waals surface area contributed by atoms with E-state index in [2.05, 4.69) is 27.5 Å². The van der Waals surface area contributed by atoms with Gasteiger partial charge in [-0.3, -0.25) is 0 Å². The molecule has 10 nitrogen and oxygen atoms in total. The summed E-state index contributed by atoms with van der Waals surface area (Å²) in [6.45, 7) is 6.07. The number of halogens is 3. The van der Waals surface area contributed by atoms with Crippen LogP contribution in [-0.2, 0) is 26.9 Å². The third-order valence-electron chi connectivity index (χ3n) is 6.60. The number of thioether (sulfide) groups is 1. The molecule has 1 aliphatic heterocycles. The molecule has 1 aromatic carbocycles. The number of alkyl halides is 3. The first-order chi connectivity index (χ1) is 18.6. The summed E-state index contributed by atoms with van der Waals surface area (Å²) in [5.41, 5.74) is 0.913. The standard InChI is InChI=1S/C25H31F3N6O4S/c1-4-11-39-23-30-21(29-13-14-5-7-15(8-6-14)25(26,27)28)18-22(31-23)34(33-32-18)16-12-17(36-10-9-35)20-19(16)37-24(2,3)38-20/h5-8,16-17,19-20,35H,4,9-13H2,1-3H3,(H,29,30,31)/t16-,17-,19?,20?/m1/s1. The number of ether oxygens (including phenoxy) is 3. The molecule has 0 bridgehead atoms. The fourth-order valence-corrected chi connectivity index (χ4v) is 5.62. The smallest absolute Gasteiger partial charge is 0.394 e. The summed E-state index contributed by atoms with van der Waals surface area (Å²) >= 11 is 1.50. The third-order valence-corrected chi connectivity index (χ3v) is 7.65. The monoisotopic (exact) mass is 568 g/mol. The van der Waals surface area contributed by atoms with E-state index in [1.165, 1.54) is 23.9 Å². The number of nitrogens with zero attached hydrogens (tertiary/aromatic N) is 5. The van der Waals surface area contributed by atoms with E-state index < -0.39 is 17.5 Å². The molecule has 0 radical (unpaired) electrons. The lowest BCUT2D eigenvalue weighted by atomic mass is 10.1. The fraction of sp³-hybridized carbons (Fsp3) is 0.600. The number of benzene rings is 1.